The molecule has 0 N–H and O–H groups in total. The topological polar surface area (TPSA) is 57.2 Å². The van der Waals surface area contributed by atoms with Crippen molar-refractivity contribution in [3.63, 3.8) is 0 Å². The van der Waals surface area contributed by atoms with Crippen LogP contribution in [0.3, 0.4) is 0 Å². The Labute approximate surface area is 265 Å². The molecule has 7 rings (SSSR count). The van der Waals surface area contributed by atoms with Gasteiger partial charge in [-0.05, 0) is 60.7 Å². The first-order chi connectivity index (χ1) is 21.3. The number of carbonyl (C=O) groups excluding carboxylic acids is 1. The van der Waals surface area contributed by atoms with Crippen LogP contribution < -0.4 is 14.4 Å². The normalized spacial score (nSPS) is 23.4. The SMILES string of the molecule is CCC1c2sc(C(=O)OC)cc2N(C[C@@H]2CCO2)C1Cc1ccc(-c2cccc3c2OC(C)(c2ccc(Cl)cc2F)O3)cc1. The second-order valence-electron chi connectivity index (χ2n) is 11.7. The summed E-state index contributed by atoms with van der Waals surface area (Å²) in [4.78, 5) is 16.7. The van der Waals surface area contributed by atoms with Gasteiger partial charge >= 0.3 is 5.97 Å². The summed E-state index contributed by atoms with van der Waals surface area (Å²) in [5.41, 5.74) is 4.50. The van der Waals surface area contributed by atoms with Crippen LogP contribution in [0.15, 0.2) is 66.7 Å². The fourth-order valence-corrected chi connectivity index (χ4v) is 8.12. The van der Waals surface area contributed by atoms with Crippen molar-refractivity contribution >= 4 is 34.6 Å². The number of ether oxygens (including phenoxy) is 4. The number of esters is 1. The minimum absolute atomic E-state index is 0.208. The molecule has 0 saturated carbocycles. The van der Waals surface area contributed by atoms with E-state index in [4.69, 9.17) is 30.5 Å². The number of fused-ring (bicyclic) bond motifs is 2. The molecule has 44 heavy (non-hydrogen) atoms. The molecule has 4 aromatic rings. The molecule has 1 fully saturated rings. The van der Waals surface area contributed by atoms with Crippen molar-refractivity contribution in [3.8, 4) is 22.6 Å². The van der Waals surface area contributed by atoms with Gasteiger partial charge in [0.1, 0.15) is 10.7 Å². The van der Waals surface area contributed by atoms with E-state index in [9.17, 15) is 9.18 Å². The first-order valence-corrected chi connectivity index (χ1v) is 16.1. The van der Waals surface area contributed by atoms with Crippen LogP contribution in [-0.2, 0) is 21.7 Å². The Hall–Kier alpha value is -3.59. The molecular formula is C35H33ClFNO5S. The zero-order valence-electron chi connectivity index (χ0n) is 24.8. The molecule has 0 spiro atoms. The van der Waals surface area contributed by atoms with E-state index in [1.54, 1.807) is 30.4 Å². The van der Waals surface area contributed by atoms with Gasteiger partial charge < -0.3 is 23.8 Å². The highest BCUT2D eigenvalue weighted by Gasteiger charge is 2.43. The average molecular weight is 634 g/mol. The van der Waals surface area contributed by atoms with Crippen molar-refractivity contribution in [1.29, 1.82) is 0 Å². The Morgan fingerprint density at radius 2 is 1.93 bits per heavy atom. The minimum atomic E-state index is -1.31. The van der Waals surface area contributed by atoms with Gasteiger partial charge in [-0.2, -0.15) is 0 Å². The maximum absolute atomic E-state index is 14.8. The highest BCUT2D eigenvalue weighted by atomic mass is 35.5. The van der Waals surface area contributed by atoms with Crippen LogP contribution in [-0.4, -0.2) is 38.4 Å². The smallest absolute Gasteiger partial charge is 0.348 e. The lowest BCUT2D eigenvalue weighted by Crippen LogP contribution is -2.45. The first kappa shape index (κ1) is 29.1. The van der Waals surface area contributed by atoms with Crippen molar-refractivity contribution in [2.45, 2.75) is 57.0 Å². The molecule has 3 unspecified atom stereocenters. The molecule has 4 heterocycles. The number of thiophene rings is 1. The van der Waals surface area contributed by atoms with E-state index >= 15 is 0 Å². The minimum Gasteiger partial charge on any atom is -0.465 e. The zero-order valence-corrected chi connectivity index (χ0v) is 26.3. The van der Waals surface area contributed by atoms with Crippen LogP contribution in [0.5, 0.6) is 11.5 Å². The molecule has 1 saturated heterocycles. The molecule has 0 aliphatic carbocycles. The molecule has 0 radical (unpaired) electrons. The van der Waals surface area contributed by atoms with Crippen LogP contribution in [0, 0.1) is 5.82 Å². The van der Waals surface area contributed by atoms with Gasteiger partial charge in [-0.3, -0.25) is 0 Å². The second kappa shape index (κ2) is 11.4. The number of hydrogen-bond donors (Lipinski definition) is 0. The number of benzene rings is 3. The second-order valence-corrected chi connectivity index (χ2v) is 13.2. The van der Waals surface area contributed by atoms with Crippen LogP contribution in [0.1, 0.15) is 58.3 Å². The Morgan fingerprint density at radius 3 is 2.61 bits per heavy atom. The van der Waals surface area contributed by atoms with Crippen molar-refractivity contribution < 1.29 is 28.1 Å². The summed E-state index contributed by atoms with van der Waals surface area (Å²) in [5.74, 6) is -0.632. The molecule has 1 aromatic heterocycles. The Balaban J connectivity index is 1.14. The molecule has 0 amide bonds. The lowest BCUT2D eigenvalue weighted by molar-refractivity contribution is -0.0705. The highest BCUT2D eigenvalue weighted by Crippen LogP contribution is 2.51. The van der Waals surface area contributed by atoms with Gasteiger partial charge in [0.15, 0.2) is 11.5 Å². The van der Waals surface area contributed by atoms with E-state index in [0.717, 1.165) is 49.2 Å². The van der Waals surface area contributed by atoms with Crippen molar-refractivity contribution in [2.75, 3.05) is 25.2 Å². The fraction of sp³-hybridized carbons (Fsp3) is 0.343. The molecular weight excluding hydrogens is 601 g/mol. The van der Waals surface area contributed by atoms with E-state index in [-0.39, 0.29) is 23.7 Å². The molecule has 228 valence electrons. The number of methoxy groups -OCH3 is 1. The lowest BCUT2D eigenvalue weighted by atomic mass is 9.91. The molecule has 3 aliphatic heterocycles. The Morgan fingerprint density at radius 1 is 1.14 bits per heavy atom. The van der Waals surface area contributed by atoms with Crippen LogP contribution in [0.4, 0.5) is 10.1 Å². The van der Waals surface area contributed by atoms with Gasteiger partial charge in [0.25, 0.3) is 5.79 Å². The van der Waals surface area contributed by atoms with Gasteiger partial charge in [0.05, 0.1) is 24.5 Å². The number of hydrogen-bond acceptors (Lipinski definition) is 7. The largest absolute Gasteiger partial charge is 0.465 e. The summed E-state index contributed by atoms with van der Waals surface area (Å²) < 4.78 is 38.2. The van der Waals surface area contributed by atoms with E-state index in [1.165, 1.54) is 23.6 Å². The summed E-state index contributed by atoms with van der Waals surface area (Å²) in [6, 6.07) is 21.0. The van der Waals surface area contributed by atoms with Crippen LogP contribution in [0.25, 0.3) is 11.1 Å². The number of nitrogens with zero attached hydrogens (tertiary/aromatic N) is 1. The number of anilines is 1. The van der Waals surface area contributed by atoms with Gasteiger partial charge in [0, 0.05) is 47.5 Å². The monoisotopic (exact) mass is 633 g/mol. The summed E-state index contributed by atoms with van der Waals surface area (Å²) in [5, 5.41) is 0.315. The summed E-state index contributed by atoms with van der Waals surface area (Å²) in [6.07, 6.45) is 3.09. The Bertz CT molecular complexity index is 1720. The van der Waals surface area contributed by atoms with Crippen LogP contribution >= 0.6 is 22.9 Å². The molecule has 3 aromatic carbocycles. The molecule has 9 heteroatoms. The quantitative estimate of drug-likeness (QED) is 0.182. The third-order valence-corrected chi connectivity index (χ3v) is 10.5. The summed E-state index contributed by atoms with van der Waals surface area (Å²) in [6.45, 7) is 5.54. The van der Waals surface area contributed by atoms with Crippen molar-refractivity contribution in [2.24, 2.45) is 0 Å². The van der Waals surface area contributed by atoms with Crippen molar-refractivity contribution in [1.82, 2.24) is 0 Å². The fourth-order valence-electron chi connectivity index (χ4n) is 6.63. The van der Waals surface area contributed by atoms with Gasteiger partial charge in [-0.25, -0.2) is 9.18 Å². The average Bonchev–Trinajstić information content (AvgIpc) is 3.65. The number of rotatable bonds is 8. The predicted octanol–water partition coefficient (Wildman–Crippen LogP) is 8.35. The number of carbonyl (C=O) groups is 1. The third kappa shape index (κ3) is 5.03. The first-order valence-electron chi connectivity index (χ1n) is 14.9. The maximum Gasteiger partial charge on any atom is 0.348 e. The lowest BCUT2D eigenvalue weighted by Gasteiger charge is -2.36. The van der Waals surface area contributed by atoms with Gasteiger partial charge in [0.2, 0.25) is 0 Å². The van der Waals surface area contributed by atoms with E-state index < -0.39 is 11.6 Å². The summed E-state index contributed by atoms with van der Waals surface area (Å²) in [7, 11) is 1.43. The van der Waals surface area contributed by atoms with Crippen molar-refractivity contribution in [3.05, 3.63) is 98.5 Å². The third-order valence-electron chi connectivity index (χ3n) is 8.98. The zero-order chi connectivity index (χ0) is 30.6. The highest BCUT2D eigenvalue weighted by molar-refractivity contribution is 7.14. The standard InChI is InChI=1S/C35H33ClFNO5S/c1-4-24-28(38(19-23-14-15-41-23)29-18-31(34(39)40-3)44-33(24)29)16-20-8-10-21(11-9-20)25-6-5-7-30-32(25)43-35(2,42-30)26-13-12-22(36)17-27(26)37/h5-13,17-18,23-24,28H,4,14-16,19H2,1-3H3/t23-,24?,28?,35?/m0/s1. The van der Waals surface area contributed by atoms with E-state index in [0.29, 0.717) is 27.3 Å². The van der Waals surface area contributed by atoms with Gasteiger partial charge in [-0.1, -0.05) is 54.9 Å². The maximum atomic E-state index is 14.8. The van der Waals surface area contributed by atoms with E-state index in [1.807, 2.05) is 24.3 Å². The summed E-state index contributed by atoms with van der Waals surface area (Å²) >= 11 is 7.54. The molecule has 6 nitrogen and oxygen atoms in total. The number of para-hydroxylation sites is 1. The molecule has 0 bridgehead atoms. The van der Waals surface area contributed by atoms with Gasteiger partial charge in [-0.15, -0.1) is 11.3 Å². The Kier molecular flexibility index (Phi) is 7.55. The number of halogens is 2. The van der Waals surface area contributed by atoms with E-state index in [2.05, 4.69) is 36.1 Å². The van der Waals surface area contributed by atoms with Crippen LogP contribution in [0.2, 0.25) is 5.02 Å². The molecule has 4 atom stereocenters. The molecule has 3 aliphatic rings. The predicted molar refractivity (Wildman–Crippen MR) is 170 cm³/mol.